The van der Waals surface area contributed by atoms with Crippen molar-refractivity contribution in [2.24, 2.45) is 16.1 Å². The van der Waals surface area contributed by atoms with E-state index in [0.717, 1.165) is 0 Å². The van der Waals surface area contributed by atoms with Gasteiger partial charge in [-0.2, -0.15) is 4.99 Å². The van der Waals surface area contributed by atoms with Crippen LogP contribution in [0.25, 0.3) is 0 Å². The molecule has 0 saturated heterocycles. The second-order valence-corrected chi connectivity index (χ2v) is 5.07. The standard InChI is InChI=1S/C14H18N2O4/c1-14(2,3)12(17)19-9-20-13(18)16-11(15)10-7-5-4-6-8-10/h4-8H,9H2,1-3H3,(H2,15,16,18). The number of rotatable bonds is 3. The van der Waals surface area contributed by atoms with Gasteiger partial charge in [0.1, 0.15) is 5.84 Å². The molecule has 0 aliphatic heterocycles. The van der Waals surface area contributed by atoms with E-state index in [4.69, 9.17) is 10.5 Å². The van der Waals surface area contributed by atoms with E-state index in [9.17, 15) is 9.59 Å². The van der Waals surface area contributed by atoms with Gasteiger partial charge in [-0.1, -0.05) is 30.3 Å². The van der Waals surface area contributed by atoms with Crippen molar-refractivity contribution >= 4 is 17.9 Å². The van der Waals surface area contributed by atoms with E-state index in [2.05, 4.69) is 9.73 Å². The highest BCUT2D eigenvalue weighted by Crippen LogP contribution is 2.14. The summed E-state index contributed by atoms with van der Waals surface area (Å²) in [6.45, 7) is 4.61. The molecule has 0 aliphatic rings. The van der Waals surface area contributed by atoms with Crippen LogP contribution in [0.3, 0.4) is 0 Å². The van der Waals surface area contributed by atoms with Crippen molar-refractivity contribution in [2.75, 3.05) is 6.79 Å². The number of nitrogens with zero attached hydrogens (tertiary/aromatic N) is 1. The number of hydrogen-bond acceptors (Lipinski definition) is 4. The van der Waals surface area contributed by atoms with Gasteiger partial charge in [-0.25, -0.2) is 4.79 Å². The molecule has 0 aromatic heterocycles. The molecule has 0 unspecified atom stereocenters. The van der Waals surface area contributed by atoms with Crippen molar-refractivity contribution in [3.8, 4) is 0 Å². The molecule has 1 amide bonds. The molecule has 0 aliphatic carbocycles. The number of nitrogens with two attached hydrogens (primary N) is 1. The monoisotopic (exact) mass is 278 g/mol. The largest absolute Gasteiger partial charge is 0.438 e. The van der Waals surface area contributed by atoms with Crippen LogP contribution >= 0.6 is 0 Å². The first-order chi connectivity index (χ1) is 9.30. The Hall–Kier alpha value is -2.37. The van der Waals surface area contributed by atoms with Crippen LogP contribution < -0.4 is 5.73 Å². The second-order valence-electron chi connectivity index (χ2n) is 5.07. The van der Waals surface area contributed by atoms with Crippen LogP contribution in [0, 0.1) is 5.41 Å². The summed E-state index contributed by atoms with van der Waals surface area (Å²) in [4.78, 5) is 26.3. The fraction of sp³-hybridized carbons (Fsp3) is 0.357. The summed E-state index contributed by atoms with van der Waals surface area (Å²) in [7, 11) is 0. The first-order valence-corrected chi connectivity index (χ1v) is 6.04. The van der Waals surface area contributed by atoms with Crippen LogP contribution in [-0.2, 0) is 14.3 Å². The number of benzene rings is 1. The molecule has 1 aromatic rings. The zero-order valence-electron chi connectivity index (χ0n) is 11.8. The third kappa shape index (κ3) is 5.09. The molecule has 0 atom stereocenters. The Bertz CT molecular complexity index is 504. The van der Waals surface area contributed by atoms with Crippen LogP contribution in [0.5, 0.6) is 0 Å². The van der Waals surface area contributed by atoms with Crippen molar-refractivity contribution in [2.45, 2.75) is 20.8 Å². The molecule has 1 rings (SSSR count). The SMILES string of the molecule is CC(C)(C)C(=O)OCOC(=O)N=C(N)c1ccccc1. The summed E-state index contributed by atoms with van der Waals surface area (Å²) in [6.07, 6.45) is -0.909. The lowest BCUT2D eigenvalue weighted by atomic mass is 9.98. The van der Waals surface area contributed by atoms with Gasteiger partial charge in [0, 0.05) is 5.56 Å². The third-order valence-corrected chi connectivity index (χ3v) is 2.27. The molecule has 6 nitrogen and oxygen atoms in total. The van der Waals surface area contributed by atoms with Crippen LogP contribution in [0.15, 0.2) is 35.3 Å². The Kier molecular flexibility index (Phi) is 5.25. The quantitative estimate of drug-likeness (QED) is 0.395. The van der Waals surface area contributed by atoms with E-state index >= 15 is 0 Å². The molecule has 20 heavy (non-hydrogen) atoms. The molecule has 0 bridgehead atoms. The Morgan fingerprint density at radius 1 is 1.15 bits per heavy atom. The Balaban J connectivity index is 2.47. The summed E-state index contributed by atoms with van der Waals surface area (Å²) in [5, 5.41) is 0. The van der Waals surface area contributed by atoms with Crippen LogP contribution in [-0.4, -0.2) is 24.7 Å². The molecule has 108 valence electrons. The van der Waals surface area contributed by atoms with Gasteiger partial charge in [-0.05, 0) is 20.8 Å². The van der Waals surface area contributed by atoms with Crippen molar-refractivity contribution in [1.29, 1.82) is 0 Å². The van der Waals surface area contributed by atoms with E-state index in [1.54, 1.807) is 45.0 Å². The van der Waals surface area contributed by atoms with E-state index in [1.165, 1.54) is 0 Å². The fourth-order valence-electron chi connectivity index (χ4n) is 1.15. The minimum absolute atomic E-state index is 0.0396. The number of carbonyl (C=O) groups excluding carboxylic acids is 2. The average Bonchev–Trinajstić information content (AvgIpc) is 2.38. The fourth-order valence-corrected chi connectivity index (χ4v) is 1.15. The molecule has 0 spiro atoms. The number of aliphatic imine (C=N–C) groups is 1. The minimum atomic E-state index is -0.909. The lowest BCUT2D eigenvalue weighted by molar-refractivity contribution is -0.161. The molecular weight excluding hydrogens is 260 g/mol. The normalized spacial score (nSPS) is 11.8. The highest BCUT2D eigenvalue weighted by molar-refractivity contribution is 6.02. The van der Waals surface area contributed by atoms with Gasteiger partial charge in [0.05, 0.1) is 5.41 Å². The van der Waals surface area contributed by atoms with Crippen molar-refractivity contribution in [3.05, 3.63) is 35.9 Å². The van der Waals surface area contributed by atoms with E-state index in [1.807, 2.05) is 6.07 Å². The van der Waals surface area contributed by atoms with Gasteiger partial charge in [0.2, 0.25) is 6.79 Å². The first kappa shape index (κ1) is 15.7. The van der Waals surface area contributed by atoms with Crippen molar-refractivity contribution in [3.63, 3.8) is 0 Å². The number of carbonyl (C=O) groups is 2. The summed E-state index contributed by atoms with van der Waals surface area (Å²) in [5.74, 6) is -0.428. The van der Waals surface area contributed by atoms with Gasteiger partial charge in [-0.3, -0.25) is 4.79 Å². The molecule has 0 fully saturated rings. The van der Waals surface area contributed by atoms with Crippen LogP contribution in [0.2, 0.25) is 0 Å². The summed E-state index contributed by atoms with van der Waals surface area (Å²) in [6, 6.07) is 8.79. The zero-order valence-corrected chi connectivity index (χ0v) is 11.8. The average molecular weight is 278 g/mol. The first-order valence-electron chi connectivity index (χ1n) is 6.04. The van der Waals surface area contributed by atoms with Gasteiger partial charge in [-0.15, -0.1) is 0 Å². The lowest BCUT2D eigenvalue weighted by Crippen LogP contribution is -2.24. The number of ether oxygens (including phenoxy) is 2. The molecule has 1 aromatic carbocycles. The Labute approximate surface area is 117 Å². The topological polar surface area (TPSA) is 91.0 Å². The third-order valence-electron chi connectivity index (χ3n) is 2.27. The molecular formula is C14H18N2O4. The predicted octanol–water partition coefficient (Wildman–Crippen LogP) is 2.08. The zero-order chi connectivity index (χ0) is 15.2. The van der Waals surface area contributed by atoms with E-state index in [-0.39, 0.29) is 5.84 Å². The van der Waals surface area contributed by atoms with Gasteiger partial charge in [0.15, 0.2) is 0 Å². The number of amidine groups is 1. The summed E-state index contributed by atoms with van der Waals surface area (Å²) < 4.78 is 9.42. The highest BCUT2D eigenvalue weighted by Gasteiger charge is 2.23. The Morgan fingerprint density at radius 2 is 1.75 bits per heavy atom. The maximum Gasteiger partial charge on any atom is 0.438 e. The lowest BCUT2D eigenvalue weighted by Gasteiger charge is -2.15. The molecule has 0 saturated carbocycles. The molecule has 6 heteroatoms. The number of esters is 1. The van der Waals surface area contributed by atoms with Crippen LogP contribution in [0.4, 0.5) is 4.79 Å². The summed E-state index contributed by atoms with van der Waals surface area (Å²) in [5.41, 5.74) is 5.59. The number of amides is 1. The van der Waals surface area contributed by atoms with E-state index < -0.39 is 24.3 Å². The number of hydrogen-bond donors (Lipinski definition) is 1. The molecule has 0 radical (unpaired) electrons. The maximum atomic E-state index is 11.4. The van der Waals surface area contributed by atoms with E-state index in [0.29, 0.717) is 5.56 Å². The second kappa shape index (κ2) is 6.70. The summed E-state index contributed by atoms with van der Waals surface area (Å²) >= 11 is 0. The minimum Gasteiger partial charge on any atom is -0.427 e. The van der Waals surface area contributed by atoms with Gasteiger partial charge < -0.3 is 15.2 Å². The van der Waals surface area contributed by atoms with Crippen molar-refractivity contribution < 1.29 is 19.1 Å². The Morgan fingerprint density at radius 3 is 2.30 bits per heavy atom. The predicted molar refractivity (Wildman–Crippen MR) is 74.1 cm³/mol. The van der Waals surface area contributed by atoms with Crippen LogP contribution in [0.1, 0.15) is 26.3 Å². The van der Waals surface area contributed by atoms with Crippen molar-refractivity contribution in [1.82, 2.24) is 0 Å². The molecule has 0 heterocycles. The van der Waals surface area contributed by atoms with Gasteiger partial charge >= 0.3 is 12.1 Å². The smallest absolute Gasteiger partial charge is 0.427 e. The van der Waals surface area contributed by atoms with Gasteiger partial charge in [0.25, 0.3) is 0 Å². The maximum absolute atomic E-state index is 11.4. The molecule has 2 N–H and O–H groups in total. The highest BCUT2D eigenvalue weighted by atomic mass is 16.7.